The summed E-state index contributed by atoms with van der Waals surface area (Å²) >= 11 is 0. The third kappa shape index (κ3) is 6.19. The van der Waals surface area contributed by atoms with E-state index in [-0.39, 0.29) is 17.1 Å². The number of hydrogen-bond donors (Lipinski definition) is 0. The number of aryl methyl sites for hydroxylation is 2. The molecule has 0 saturated carbocycles. The van der Waals surface area contributed by atoms with Crippen molar-refractivity contribution in [1.29, 1.82) is 0 Å². The molecular weight excluding hydrogens is 528 g/mol. The van der Waals surface area contributed by atoms with Crippen molar-refractivity contribution in [2.75, 3.05) is 26.2 Å². The second-order valence-corrected chi connectivity index (χ2v) is 9.35. The lowest BCUT2D eigenvalue weighted by Gasteiger charge is -2.26. The van der Waals surface area contributed by atoms with Crippen LogP contribution >= 0.6 is 0 Å². The van der Waals surface area contributed by atoms with Gasteiger partial charge >= 0.3 is 5.97 Å². The fourth-order valence-corrected chi connectivity index (χ4v) is 4.65. The first-order valence-corrected chi connectivity index (χ1v) is 12.6. The van der Waals surface area contributed by atoms with Gasteiger partial charge in [0.05, 0.1) is 31.9 Å². The largest absolute Gasteiger partial charge is 0.497 e. The number of carbonyl (C=O) groups is 1. The lowest BCUT2D eigenvalue weighted by atomic mass is 10.1. The van der Waals surface area contributed by atoms with E-state index in [2.05, 4.69) is 4.98 Å². The molecule has 11 nitrogen and oxygen atoms in total. The van der Waals surface area contributed by atoms with E-state index in [1.165, 1.54) is 30.1 Å². The topological polar surface area (TPSA) is 126 Å². The number of non-ortho nitro benzene ring substituents is 1. The van der Waals surface area contributed by atoms with E-state index in [1.807, 2.05) is 53.4 Å². The van der Waals surface area contributed by atoms with E-state index in [9.17, 15) is 19.7 Å². The number of anilines is 1. The first-order valence-electron chi connectivity index (χ1n) is 12.6. The van der Waals surface area contributed by atoms with Crippen LogP contribution in [0.3, 0.4) is 0 Å². The van der Waals surface area contributed by atoms with Crippen LogP contribution in [0.2, 0.25) is 0 Å². The van der Waals surface area contributed by atoms with Crippen LogP contribution in [0.5, 0.6) is 11.5 Å². The van der Waals surface area contributed by atoms with Gasteiger partial charge in [-0.05, 0) is 60.4 Å². The summed E-state index contributed by atoms with van der Waals surface area (Å²) in [7, 11) is 4.37. The van der Waals surface area contributed by atoms with Crippen LogP contribution in [-0.4, -0.2) is 41.8 Å². The number of methoxy groups -OCH3 is 3. The average Bonchev–Trinajstić information content (AvgIpc) is 2.97. The highest BCUT2D eigenvalue weighted by molar-refractivity contribution is 5.94. The van der Waals surface area contributed by atoms with Crippen molar-refractivity contribution in [2.24, 2.45) is 0 Å². The SMILES string of the molecule is COC(=O)c1c(N(Cc2ccc(OC)cc2)Cc2ccc(OC)cc2)ncn(-c2c(C)cc([N+](=O)[O-])cc2C)c1=O. The number of nitro benzene ring substituents is 1. The van der Waals surface area contributed by atoms with Crippen LogP contribution in [0.15, 0.2) is 71.8 Å². The molecule has 4 aromatic rings. The van der Waals surface area contributed by atoms with Gasteiger partial charge in [-0.15, -0.1) is 0 Å². The molecule has 212 valence electrons. The third-order valence-corrected chi connectivity index (χ3v) is 6.63. The van der Waals surface area contributed by atoms with Crippen LogP contribution in [0.4, 0.5) is 11.5 Å². The predicted molar refractivity (Wildman–Crippen MR) is 153 cm³/mol. The number of benzene rings is 3. The molecule has 0 aliphatic rings. The summed E-state index contributed by atoms with van der Waals surface area (Å²) in [5.41, 5.74) is 2.15. The molecule has 11 heteroatoms. The minimum Gasteiger partial charge on any atom is -0.497 e. The molecule has 4 rings (SSSR count). The van der Waals surface area contributed by atoms with Crippen molar-refractivity contribution < 1.29 is 23.9 Å². The maximum Gasteiger partial charge on any atom is 0.347 e. The predicted octanol–water partition coefficient (Wildman–Crippen LogP) is 4.77. The minimum atomic E-state index is -0.849. The molecule has 1 aromatic heterocycles. The maximum absolute atomic E-state index is 13.9. The van der Waals surface area contributed by atoms with Crippen LogP contribution in [0, 0.1) is 24.0 Å². The second-order valence-electron chi connectivity index (χ2n) is 9.35. The molecule has 0 radical (unpaired) electrons. The van der Waals surface area contributed by atoms with Crippen molar-refractivity contribution in [1.82, 2.24) is 9.55 Å². The Balaban J connectivity index is 1.87. The second kappa shape index (κ2) is 12.3. The quantitative estimate of drug-likeness (QED) is 0.154. The molecular formula is C30H30N4O7. The Morgan fingerprint density at radius 1 is 0.902 bits per heavy atom. The van der Waals surface area contributed by atoms with Crippen molar-refractivity contribution in [3.05, 3.63) is 115 Å². The van der Waals surface area contributed by atoms with E-state index >= 15 is 0 Å². The molecule has 0 N–H and O–H groups in total. The van der Waals surface area contributed by atoms with Crippen molar-refractivity contribution >= 4 is 17.5 Å². The Morgan fingerprint density at radius 2 is 1.39 bits per heavy atom. The van der Waals surface area contributed by atoms with Gasteiger partial charge in [0, 0.05) is 25.2 Å². The van der Waals surface area contributed by atoms with E-state index in [1.54, 1.807) is 28.1 Å². The molecule has 0 fully saturated rings. The van der Waals surface area contributed by atoms with Crippen molar-refractivity contribution in [3.63, 3.8) is 0 Å². The van der Waals surface area contributed by atoms with E-state index < -0.39 is 16.5 Å². The number of aromatic nitrogens is 2. The van der Waals surface area contributed by atoms with Gasteiger partial charge < -0.3 is 19.1 Å². The summed E-state index contributed by atoms with van der Waals surface area (Å²) in [5, 5.41) is 11.3. The van der Waals surface area contributed by atoms with Gasteiger partial charge in [0.1, 0.15) is 17.8 Å². The number of nitrogens with zero attached hydrogens (tertiary/aromatic N) is 4. The van der Waals surface area contributed by atoms with Crippen molar-refractivity contribution in [3.8, 4) is 17.2 Å². The van der Waals surface area contributed by atoms with Crippen LogP contribution in [-0.2, 0) is 17.8 Å². The zero-order chi connectivity index (χ0) is 29.7. The van der Waals surface area contributed by atoms with Crippen LogP contribution < -0.4 is 19.9 Å². The fraction of sp³-hybridized carbons (Fsp3) is 0.233. The Kier molecular flexibility index (Phi) is 8.66. The van der Waals surface area contributed by atoms with E-state index in [4.69, 9.17) is 14.2 Å². The summed E-state index contributed by atoms with van der Waals surface area (Å²) in [6, 6.07) is 17.6. The van der Waals surface area contributed by atoms with Crippen LogP contribution in [0.1, 0.15) is 32.6 Å². The van der Waals surface area contributed by atoms with Gasteiger partial charge in [-0.25, -0.2) is 9.78 Å². The third-order valence-electron chi connectivity index (χ3n) is 6.63. The van der Waals surface area contributed by atoms with Gasteiger partial charge in [-0.2, -0.15) is 0 Å². The molecule has 0 aliphatic heterocycles. The highest BCUT2D eigenvalue weighted by atomic mass is 16.6. The molecule has 0 saturated heterocycles. The van der Waals surface area contributed by atoms with Gasteiger partial charge in [-0.1, -0.05) is 24.3 Å². The minimum absolute atomic E-state index is 0.0975. The summed E-state index contributed by atoms with van der Waals surface area (Å²) in [4.78, 5) is 44.3. The molecule has 3 aromatic carbocycles. The molecule has 1 heterocycles. The fourth-order valence-electron chi connectivity index (χ4n) is 4.65. The molecule has 0 atom stereocenters. The van der Waals surface area contributed by atoms with Gasteiger partial charge in [-0.3, -0.25) is 19.5 Å². The number of ether oxygens (including phenoxy) is 3. The Labute approximate surface area is 236 Å². The molecule has 41 heavy (non-hydrogen) atoms. The zero-order valence-corrected chi connectivity index (χ0v) is 23.4. The molecule has 0 aliphatic carbocycles. The maximum atomic E-state index is 13.9. The van der Waals surface area contributed by atoms with Gasteiger partial charge in [0.15, 0.2) is 11.4 Å². The average molecular weight is 559 g/mol. The van der Waals surface area contributed by atoms with Gasteiger partial charge in [0.25, 0.3) is 11.2 Å². The number of hydrogen-bond acceptors (Lipinski definition) is 9. The molecule has 0 unspecified atom stereocenters. The number of esters is 1. The summed E-state index contributed by atoms with van der Waals surface area (Å²) in [6.07, 6.45) is 1.33. The highest BCUT2D eigenvalue weighted by Gasteiger charge is 2.26. The first-order chi connectivity index (χ1) is 19.7. The monoisotopic (exact) mass is 558 g/mol. The lowest BCUT2D eigenvalue weighted by Crippen LogP contribution is -2.33. The molecule has 0 bridgehead atoms. The van der Waals surface area contributed by atoms with Gasteiger partial charge in [0.2, 0.25) is 0 Å². The Hall–Kier alpha value is -5.19. The Morgan fingerprint density at radius 3 is 1.80 bits per heavy atom. The van der Waals surface area contributed by atoms with E-state index in [0.717, 1.165) is 11.1 Å². The summed E-state index contributed by atoms with van der Waals surface area (Å²) < 4.78 is 16.8. The number of nitro groups is 1. The first kappa shape index (κ1) is 28.8. The summed E-state index contributed by atoms with van der Waals surface area (Å²) in [5.74, 6) is 0.681. The Bertz CT molecular complexity index is 1560. The molecule has 0 spiro atoms. The lowest BCUT2D eigenvalue weighted by molar-refractivity contribution is -0.384. The number of rotatable bonds is 10. The van der Waals surface area contributed by atoms with E-state index in [0.29, 0.717) is 41.4 Å². The van der Waals surface area contributed by atoms with Crippen LogP contribution in [0.25, 0.3) is 5.69 Å². The highest BCUT2D eigenvalue weighted by Crippen LogP contribution is 2.27. The summed E-state index contributed by atoms with van der Waals surface area (Å²) in [6.45, 7) is 3.94. The normalized spacial score (nSPS) is 10.7. The molecule has 0 amide bonds. The standard InChI is InChI=1S/C30H30N4O7/c1-19-14-23(34(37)38)15-20(2)27(19)33-18-31-28(26(29(33)35)30(36)41-5)32(16-21-6-10-24(39-3)11-7-21)17-22-8-12-25(40-4)13-9-22/h6-15,18H,16-17H2,1-5H3. The van der Waals surface area contributed by atoms with Crippen molar-refractivity contribution in [2.45, 2.75) is 26.9 Å². The zero-order valence-electron chi connectivity index (χ0n) is 23.4. The number of carbonyl (C=O) groups excluding carboxylic acids is 1. The smallest absolute Gasteiger partial charge is 0.347 e.